The van der Waals surface area contributed by atoms with E-state index in [2.05, 4.69) is 15.6 Å². The summed E-state index contributed by atoms with van der Waals surface area (Å²) < 4.78 is 65.0. The number of anilines is 3. The molecule has 2 aromatic carbocycles. The first kappa shape index (κ1) is 25.8. The highest BCUT2D eigenvalue weighted by molar-refractivity contribution is 7.86. The van der Waals surface area contributed by atoms with Crippen LogP contribution >= 0.6 is 0 Å². The fraction of sp³-hybridized carbons (Fsp3) is 0.269. The molecule has 0 spiro atoms. The summed E-state index contributed by atoms with van der Waals surface area (Å²) in [4.78, 5) is 32.2. The SMILES string of the molecule is O=C(Nc1cc(C(=O)NC2CS(=O)C2)cnc1N1CCCc2ccccc21)c1cc(F)cc(C(F)(F)F)c1. The Kier molecular flexibility index (Phi) is 6.91. The molecule has 0 bridgehead atoms. The standard InChI is InChI=1S/C26H22F4N4O3S/c27-19-9-16(8-18(11-19)26(28,29)30)24(35)33-21-10-17(25(36)32-20-13-38(37)14-20)12-31-23(21)34-7-3-5-15-4-1-2-6-22(15)34/h1-2,4,6,8-12,20H,3,5,7,13-14H2,(H,32,36)(H,33,35). The van der Waals surface area contributed by atoms with Crippen LogP contribution in [-0.2, 0) is 23.4 Å². The van der Waals surface area contributed by atoms with Gasteiger partial charge in [0.05, 0.1) is 22.9 Å². The number of alkyl halides is 3. The molecule has 0 unspecified atom stereocenters. The molecule has 2 aliphatic heterocycles. The van der Waals surface area contributed by atoms with Gasteiger partial charge in [-0.1, -0.05) is 18.2 Å². The number of aryl methyl sites for hydroxylation is 1. The molecule has 0 atom stereocenters. The summed E-state index contributed by atoms with van der Waals surface area (Å²) in [5.74, 6) is -1.72. The highest BCUT2D eigenvalue weighted by Gasteiger charge is 2.32. The second-order valence-corrected chi connectivity index (χ2v) is 10.6. The molecule has 0 aliphatic carbocycles. The van der Waals surface area contributed by atoms with E-state index in [1.54, 1.807) is 0 Å². The van der Waals surface area contributed by atoms with E-state index < -0.39 is 45.7 Å². The van der Waals surface area contributed by atoms with Gasteiger partial charge in [-0.15, -0.1) is 0 Å². The number of aromatic nitrogens is 1. The minimum Gasteiger partial charge on any atom is -0.347 e. The number of amides is 2. The van der Waals surface area contributed by atoms with Crippen LogP contribution in [0, 0.1) is 5.82 Å². The van der Waals surface area contributed by atoms with Gasteiger partial charge in [0.1, 0.15) is 5.82 Å². The van der Waals surface area contributed by atoms with Crippen molar-refractivity contribution in [2.24, 2.45) is 0 Å². The van der Waals surface area contributed by atoms with Crippen molar-refractivity contribution >= 4 is 39.8 Å². The van der Waals surface area contributed by atoms with Crippen LogP contribution in [-0.4, -0.2) is 45.1 Å². The number of pyridine rings is 1. The van der Waals surface area contributed by atoms with Crippen LogP contribution in [0.15, 0.2) is 54.7 Å². The summed E-state index contributed by atoms with van der Waals surface area (Å²) in [6, 6.07) is 10.3. The molecule has 3 aromatic rings. The Morgan fingerprint density at radius 1 is 1.03 bits per heavy atom. The van der Waals surface area contributed by atoms with Gasteiger partial charge in [0.2, 0.25) is 0 Å². The molecule has 12 heteroatoms. The minimum atomic E-state index is -4.84. The van der Waals surface area contributed by atoms with Crippen molar-refractivity contribution in [2.45, 2.75) is 25.1 Å². The molecule has 2 aliphatic rings. The van der Waals surface area contributed by atoms with Crippen molar-refractivity contribution in [3.8, 4) is 0 Å². The maximum atomic E-state index is 14.0. The lowest BCUT2D eigenvalue weighted by Crippen LogP contribution is -2.50. The number of fused-ring (bicyclic) bond motifs is 1. The van der Waals surface area contributed by atoms with Crippen molar-refractivity contribution in [1.29, 1.82) is 0 Å². The third kappa shape index (κ3) is 5.40. The number of rotatable bonds is 5. The average molecular weight is 547 g/mol. The molecule has 0 radical (unpaired) electrons. The van der Waals surface area contributed by atoms with Gasteiger partial charge in [-0.3, -0.25) is 13.8 Å². The number of carbonyl (C=O) groups excluding carboxylic acids is 2. The number of hydrogen-bond donors (Lipinski definition) is 2. The van der Waals surface area contributed by atoms with Crippen LogP contribution in [0.2, 0.25) is 0 Å². The van der Waals surface area contributed by atoms with Gasteiger partial charge in [-0.2, -0.15) is 13.2 Å². The highest BCUT2D eigenvalue weighted by Crippen LogP contribution is 2.37. The summed E-state index contributed by atoms with van der Waals surface area (Å²) in [7, 11) is -0.972. The molecule has 2 amide bonds. The zero-order valence-electron chi connectivity index (χ0n) is 19.8. The fourth-order valence-corrected chi connectivity index (χ4v) is 5.44. The molecule has 1 saturated heterocycles. The van der Waals surface area contributed by atoms with E-state index in [0.29, 0.717) is 42.1 Å². The third-order valence-corrected chi connectivity index (χ3v) is 7.89. The van der Waals surface area contributed by atoms with Gasteiger partial charge in [-0.05, 0) is 48.7 Å². The van der Waals surface area contributed by atoms with E-state index in [1.165, 1.54) is 12.3 Å². The van der Waals surface area contributed by atoms with Gasteiger partial charge in [0, 0.05) is 46.3 Å². The fourth-order valence-electron chi connectivity index (χ4n) is 4.47. The van der Waals surface area contributed by atoms with Crippen molar-refractivity contribution in [2.75, 3.05) is 28.3 Å². The predicted octanol–water partition coefficient (Wildman–Crippen LogP) is 4.44. The number of nitrogens with one attached hydrogen (secondary N) is 2. The Morgan fingerprint density at radius 2 is 1.79 bits per heavy atom. The summed E-state index contributed by atoms with van der Waals surface area (Å²) >= 11 is 0. The topological polar surface area (TPSA) is 91.4 Å². The lowest BCUT2D eigenvalue weighted by Gasteiger charge is -2.32. The normalized spacial score (nSPS) is 18.8. The highest BCUT2D eigenvalue weighted by atomic mass is 32.2. The lowest BCUT2D eigenvalue weighted by atomic mass is 10.0. The molecule has 2 N–H and O–H groups in total. The second-order valence-electron chi connectivity index (χ2n) is 9.10. The molecule has 3 heterocycles. The predicted molar refractivity (Wildman–Crippen MR) is 134 cm³/mol. The van der Waals surface area contributed by atoms with Gasteiger partial charge in [0.25, 0.3) is 11.8 Å². The van der Waals surface area contributed by atoms with E-state index in [9.17, 15) is 31.4 Å². The van der Waals surface area contributed by atoms with Gasteiger partial charge in [-0.25, -0.2) is 9.37 Å². The number of carbonyl (C=O) groups is 2. The van der Waals surface area contributed by atoms with Crippen molar-refractivity contribution < 1.29 is 31.4 Å². The average Bonchev–Trinajstić information content (AvgIpc) is 2.86. The van der Waals surface area contributed by atoms with E-state index in [1.807, 2.05) is 29.2 Å². The maximum absolute atomic E-state index is 14.0. The molecule has 5 rings (SSSR count). The molecule has 0 saturated carbocycles. The Hall–Kier alpha value is -3.80. The van der Waals surface area contributed by atoms with E-state index >= 15 is 0 Å². The Balaban J connectivity index is 1.51. The number of benzene rings is 2. The molecule has 38 heavy (non-hydrogen) atoms. The summed E-state index contributed by atoms with van der Waals surface area (Å²) in [6.45, 7) is 0.546. The van der Waals surface area contributed by atoms with Crippen LogP contribution in [0.25, 0.3) is 0 Å². The summed E-state index contributed by atoms with van der Waals surface area (Å²) in [5, 5.41) is 5.29. The van der Waals surface area contributed by atoms with Crippen LogP contribution < -0.4 is 15.5 Å². The van der Waals surface area contributed by atoms with Crippen LogP contribution in [0.1, 0.15) is 38.3 Å². The summed E-state index contributed by atoms with van der Waals surface area (Å²) in [6.07, 6.45) is -1.88. The third-order valence-electron chi connectivity index (χ3n) is 6.34. The van der Waals surface area contributed by atoms with Gasteiger partial charge < -0.3 is 15.5 Å². The number of nitrogens with zero attached hydrogens (tertiary/aromatic N) is 2. The van der Waals surface area contributed by atoms with Crippen LogP contribution in [0.5, 0.6) is 0 Å². The molecule has 1 aromatic heterocycles. The Morgan fingerprint density at radius 3 is 2.53 bits per heavy atom. The minimum absolute atomic E-state index is 0.0781. The molecule has 7 nitrogen and oxygen atoms in total. The second kappa shape index (κ2) is 10.2. The van der Waals surface area contributed by atoms with Crippen LogP contribution in [0.3, 0.4) is 0 Å². The van der Waals surface area contributed by atoms with Gasteiger partial charge >= 0.3 is 6.18 Å². The molecular weight excluding hydrogens is 524 g/mol. The first-order valence-electron chi connectivity index (χ1n) is 11.8. The lowest BCUT2D eigenvalue weighted by molar-refractivity contribution is -0.137. The van der Waals surface area contributed by atoms with Crippen LogP contribution in [0.4, 0.5) is 34.8 Å². The first-order chi connectivity index (χ1) is 18.1. The van der Waals surface area contributed by atoms with E-state index in [4.69, 9.17) is 0 Å². The van der Waals surface area contributed by atoms with Crippen molar-refractivity contribution in [3.05, 3.63) is 82.8 Å². The van der Waals surface area contributed by atoms with Crippen molar-refractivity contribution in [1.82, 2.24) is 10.3 Å². The zero-order chi connectivity index (χ0) is 27.0. The van der Waals surface area contributed by atoms with E-state index in [0.717, 1.165) is 24.1 Å². The largest absolute Gasteiger partial charge is 0.416 e. The smallest absolute Gasteiger partial charge is 0.347 e. The molecular formula is C26H22F4N4O3S. The van der Waals surface area contributed by atoms with E-state index in [-0.39, 0.29) is 17.3 Å². The van der Waals surface area contributed by atoms with Gasteiger partial charge in [0.15, 0.2) is 5.82 Å². The quantitative estimate of drug-likeness (QED) is 0.462. The number of hydrogen-bond acceptors (Lipinski definition) is 5. The first-order valence-corrected chi connectivity index (χ1v) is 13.3. The van der Waals surface area contributed by atoms with Crippen molar-refractivity contribution in [3.63, 3.8) is 0 Å². The monoisotopic (exact) mass is 546 g/mol. The molecule has 198 valence electrons. The maximum Gasteiger partial charge on any atom is 0.416 e. The summed E-state index contributed by atoms with van der Waals surface area (Å²) in [5.41, 5.74) is 0.251. The Bertz CT molecular complexity index is 1440. The Labute approximate surface area is 217 Å². The number of halogens is 4. The number of para-hydroxylation sites is 1. The molecule has 1 fully saturated rings. The zero-order valence-corrected chi connectivity index (χ0v) is 20.7.